The van der Waals surface area contributed by atoms with Crippen LogP contribution in [-0.2, 0) is 0 Å². The van der Waals surface area contributed by atoms with E-state index in [2.05, 4.69) is 25.2 Å². The molecule has 1 aliphatic rings. The van der Waals surface area contributed by atoms with Crippen LogP contribution in [0.25, 0.3) is 11.3 Å². The molecule has 30 heavy (non-hydrogen) atoms. The lowest BCUT2D eigenvalue weighted by atomic mass is 10.1. The lowest BCUT2D eigenvalue weighted by molar-refractivity contribution is 0.102. The number of carbonyl (C=O) groups excluding carboxylic acids is 1. The summed E-state index contributed by atoms with van der Waals surface area (Å²) in [7, 11) is 0. The van der Waals surface area contributed by atoms with E-state index in [1.165, 1.54) is 0 Å². The topological polar surface area (TPSA) is 123 Å². The fraction of sp³-hybridized carbons (Fsp3) is 0.273. The first kappa shape index (κ1) is 19.8. The zero-order valence-corrected chi connectivity index (χ0v) is 16.9. The lowest BCUT2D eigenvalue weighted by Crippen LogP contribution is -2.43. The SMILES string of the molecule is Cc1ccccc1-c1cnc(N)c(C(=O)Nc2cnccc2N2CCCC(N)C2)n1. The highest BCUT2D eigenvalue weighted by molar-refractivity contribution is 6.07. The number of rotatable bonds is 4. The number of anilines is 3. The molecular formula is C22H25N7O. The fourth-order valence-electron chi connectivity index (χ4n) is 3.73. The fourth-order valence-corrected chi connectivity index (χ4v) is 3.73. The molecule has 1 aromatic carbocycles. The van der Waals surface area contributed by atoms with Gasteiger partial charge in [-0.3, -0.25) is 9.78 Å². The van der Waals surface area contributed by atoms with Gasteiger partial charge in [0.15, 0.2) is 11.5 Å². The molecule has 8 heteroatoms. The number of nitrogens with two attached hydrogens (primary N) is 2. The number of carbonyl (C=O) groups is 1. The van der Waals surface area contributed by atoms with Gasteiger partial charge in [-0.05, 0) is 31.4 Å². The van der Waals surface area contributed by atoms with E-state index in [0.717, 1.165) is 42.7 Å². The Morgan fingerprint density at radius 1 is 1.23 bits per heavy atom. The van der Waals surface area contributed by atoms with E-state index in [1.807, 2.05) is 37.3 Å². The third-order valence-electron chi connectivity index (χ3n) is 5.28. The minimum atomic E-state index is -0.425. The van der Waals surface area contributed by atoms with Crippen molar-refractivity contribution in [3.8, 4) is 11.3 Å². The number of aryl methyl sites for hydroxylation is 1. The molecule has 3 heterocycles. The number of hydrogen-bond acceptors (Lipinski definition) is 7. The van der Waals surface area contributed by atoms with Gasteiger partial charge in [0.05, 0.1) is 29.5 Å². The molecule has 3 aromatic rings. The Morgan fingerprint density at radius 2 is 2.07 bits per heavy atom. The molecule has 4 rings (SSSR count). The van der Waals surface area contributed by atoms with Crippen LogP contribution in [0.15, 0.2) is 48.9 Å². The summed E-state index contributed by atoms with van der Waals surface area (Å²) in [5.41, 5.74) is 16.2. The maximum Gasteiger partial charge on any atom is 0.278 e. The minimum Gasteiger partial charge on any atom is -0.382 e. The van der Waals surface area contributed by atoms with Crippen molar-refractivity contribution in [1.29, 1.82) is 0 Å². The number of aromatic nitrogens is 3. The van der Waals surface area contributed by atoms with Crippen LogP contribution >= 0.6 is 0 Å². The number of pyridine rings is 1. The monoisotopic (exact) mass is 403 g/mol. The first-order valence-corrected chi connectivity index (χ1v) is 9.97. The van der Waals surface area contributed by atoms with Gasteiger partial charge in [-0.25, -0.2) is 9.97 Å². The van der Waals surface area contributed by atoms with E-state index in [1.54, 1.807) is 18.6 Å². The van der Waals surface area contributed by atoms with Crippen molar-refractivity contribution in [3.63, 3.8) is 0 Å². The molecule has 0 aliphatic carbocycles. The van der Waals surface area contributed by atoms with Gasteiger partial charge in [0.2, 0.25) is 0 Å². The van der Waals surface area contributed by atoms with Gasteiger partial charge in [-0.1, -0.05) is 24.3 Å². The number of nitrogens with zero attached hydrogens (tertiary/aromatic N) is 4. The van der Waals surface area contributed by atoms with E-state index >= 15 is 0 Å². The highest BCUT2D eigenvalue weighted by atomic mass is 16.1. The molecule has 2 aromatic heterocycles. The van der Waals surface area contributed by atoms with Crippen LogP contribution in [0.1, 0.15) is 28.9 Å². The van der Waals surface area contributed by atoms with Crippen molar-refractivity contribution >= 4 is 23.1 Å². The first-order valence-electron chi connectivity index (χ1n) is 9.97. The van der Waals surface area contributed by atoms with Crippen LogP contribution in [0.5, 0.6) is 0 Å². The number of amides is 1. The molecule has 1 atom stereocenters. The van der Waals surface area contributed by atoms with E-state index in [0.29, 0.717) is 11.4 Å². The van der Waals surface area contributed by atoms with Gasteiger partial charge in [0, 0.05) is 30.9 Å². The van der Waals surface area contributed by atoms with Gasteiger partial charge >= 0.3 is 0 Å². The summed E-state index contributed by atoms with van der Waals surface area (Å²) in [6.07, 6.45) is 6.92. The summed E-state index contributed by atoms with van der Waals surface area (Å²) in [5, 5.41) is 2.91. The molecule has 0 bridgehead atoms. The molecule has 1 saturated heterocycles. The molecule has 1 aliphatic heterocycles. The van der Waals surface area contributed by atoms with E-state index < -0.39 is 5.91 Å². The van der Waals surface area contributed by atoms with Crippen LogP contribution in [0.4, 0.5) is 17.2 Å². The van der Waals surface area contributed by atoms with Gasteiger partial charge in [0.1, 0.15) is 0 Å². The Bertz CT molecular complexity index is 1070. The molecule has 154 valence electrons. The summed E-state index contributed by atoms with van der Waals surface area (Å²) < 4.78 is 0. The lowest BCUT2D eigenvalue weighted by Gasteiger charge is -2.33. The Hall–Kier alpha value is -3.52. The Balaban J connectivity index is 1.62. The number of nitrogen functional groups attached to an aromatic ring is 1. The van der Waals surface area contributed by atoms with Crippen LogP contribution in [-0.4, -0.2) is 40.0 Å². The van der Waals surface area contributed by atoms with E-state index in [9.17, 15) is 4.79 Å². The van der Waals surface area contributed by atoms with Crippen LogP contribution in [0.3, 0.4) is 0 Å². The van der Waals surface area contributed by atoms with Gasteiger partial charge in [-0.2, -0.15) is 0 Å². The van der Waals surface area contributed by atoms with Crippen molar-refractivity contribution in [3.05, 3.63) is 60.2 Å². The summed E-state index contributed by atoms with van der Waals surface area (Å²) in [6.45, 7) is 3.60. The number of piperidine rings is 1. The van der Waals surface area contributed by atoms with Gasteiger partial charge in [0.25, 0.3) is 5.91 Å². The molecule has 1 fully saturated rings. The first-order chi connectivity index (χ1) is 14.5. The maximum atomic E-state index is 13.0. The quantitative estimate of drug-likeness (QED) is 0.612. The number of benzene rings is 1. The second-order valence-corrected chi connectivity index (χ2v) is 7.50. The Kier molecular flexibility index (Phi) is 5.58. The van der Waals surface area contributed by atoms with Crippen molar-refractivity contribution in [2.24, 2.45) is 5.73 Å². The zero-order valence-electron chi connectivity index (χ0n) is 16.9. The average Bonchev–Trinajstić information content (AvgIpc) is 2.75. The Morgan fingerprint density at radius 3 is 2.87 bits per heavy atom. The molecule has 0 radical (unpaired) electrons. The van der Waals surface area contributed by atoms with Gasteiger partial charge in [-0.15, -0.1) is 0 Å². The molecule has 8 nitrogen and oxygen atoms in total. The van der Waals surface area contributed by atoms with Crippen molar-refractivity contribution in [1.82, 2.24) is 15.0 Å². The number of hydrogen-bond donors (Lipinski definition) is 3. The third kappa shape index (κ3) is 4.08. The minimum absolute atomic E-state index is 0.0790. The molecule has 1 amide bonds. The molecule has 1 unspecified atom stereocenters. The smallest absolute Gasteiger partial charge is 0.278 e. The standard InChI is InChI=1S/C22H25N7O/c1-14-5-2-3-7-16(14)17-12-26-21(24)20(27-17)22(30)28-18-11-25-9-8-19(18)29-10-4-6-15(23)13-29/h2-3,5,7-9,11-12,15H,4,6,10,13,23H2,1H3,(H2,24,26)(H,28,30). The number of nitrogens with one attached hydrogen (secondary N) is 1. The second-order valence-electron chi connectivity index (χ2n) is 7.50. The average molecular weight is 403 g/mol. The zero-order chi connectivity index (χ0) is 21.1. The van der Waals surface area contributed by atoms with Crippen molar-refractivity contribution in [2.75, 3.05) is 29.0 Å². The molecule has 0 spiro atoms. The largest absolute Gasteiger partial charge is 0.382 e. The van der Waals surface area contributed by atoms with Gasteiger partial charge < -0.3 is 21.7 Å². The predicted molar refractivity (Wildman–Crippen MR) is 118 cm³/mol. The van der Waals surface area contributed by atoms with Crippen molar-refractivity contribution < 1.29 is 4.79 Å². The van der Waals surface area contributed by atoms with Crippen LogP contribution in [0, 0.1) is 6.92 Å². The van der Waals surface area contributed by atoms with Crippen LogP contribution in [0.2, 0.25) is 0 Å². The normalized spacial score (nSPS) is 16.3. The second kappa shape index (κ2) is 8.46. The van der Waals surface area contributed by atoms with Crippen molar-refractivity contribution in [2.45, 2.75) is 25.8 Å². The van der Waals surface area contributed by atoms with E-state index in [-0.39, 0.29) is 17.6 Å². The summed E-state index contributed by atoms with van der Waals surface area (Å²) in [6, 6.07) is 9.79. The Labute approximate surface area is 175 Å². The van der Waals surface area contributed by atoms with E-state index in [4.69, 9.17) is 11.5 Å². The molecule has 5 N–H and O–H groups in total. The highest BCUT2D eigenvalue weighted by Crippen LogP contribution is 2.28. The third-order valence-corrected chi connectivity index (χ3v) is 5.28. The molecular weight excluding hydrogens is 378 g/mol. The maximum absolute atomic E-state index is 13.0. The molecule has 0 saturated carbocycles. The summed E-state index contributed by atoms with van der Waals surface area (Å²) in [5.74, 6) is -0.346. The van der Waals surface area contributed by atoms with Crippen LogP contribution < -0.4 is 21.7 Å². The predicted octanol–water partition coefficient (Wildman–Crippen LogP) is 2.61. The summed E-state index contributed by atoms with van der Waals surface area (Å²) >= 11 is 0. The highest BCUT2D eigenvalue weighted by Gasteiger charge is 2.22. The summed E-state index contributed by atoms with van der Waals surface area (Å²) in [4.78, 5) is 28.1.